The van der Waals surface area contributed by atoms with Crippen molar-refractivity contribution in [3.05, 3.63) is 81.7 Å². The zero-order valence-electron chi connectivity index (χ0n) is 19.3. The highest BCUT2D eigenvalue weighted by atomic mass is 32.1. The summed E-state index contributed by atoms with van der Waals surface area (Å²) in [6.07, 6.45) is 3.04. The lowest BCUT2D eigenvalue weighted by atomic mass is 9.97. The third kappa shape index (κ3) is 6.81. The second kappa shape index (κ2) is 11.7. The van der Waals surface area contributed by atoms with Gasteiger partial charge in [0.25, 0.3) is 5.91 Å². The van der Waals surface area contributed by atoms with Crippen LogP contribution < -0.4 is 10.6 Å². The molecule has 2 N–H and O–H groups in total. The maximum absolute atomic E-state index is 12.6. The molecule has 3 heterocycles. The Kier molecular flexibility index (Phi) is 8.14. The Morgan fingerprint density at radius 2 is 1.94 bits per heavy atom. The number of likely N-dealkylation sites (tertiary alicyclic amines) is 1. The molecule has 1 aliphatic heterocycles. The second-order valence-corrected chi connectivity index (χ2v) is 9.58. The molecule has 1 aromatic carbocycles. The van der Waals surface area contributed by atoms with Gasteiger partial charge in [0, 0.05) is 36.3 Å². The predicted octanol–water partition coefficient (Wildman–Crippen LogP) is 4.84. The SMILES string of the molecule is Cc1ccc(COC(=O)N2CCC(CNC(=O)c3ccnc(NCc4cccs4)c3)CC2)cc1. The minimum atomic E-state index is -0.276. The van der Waals surface area contributed by atoms with Crippen molar-refractivity contribution in [2.45, 2.75) is 32.9 Å². The summed E-state index contributed by atoms with van der Waals surface area (Å²) >= 11 is 1.68. The van der Waals surface area contributed by atoms with Crippen LogP contribution in [0.2, 0.25) is 0 Å². The molecule has 1 saturated heterocycles. The van der Waals surface area contributed by atoms with E-state index in [0.717, 1.165) is 18.4 Å². The first kappa shape index (κ1) is 23.8. The largest absolute Gasteiger partial charge is 0.445 e. The summed E-state index contributed by atoms with van der Waals surface area (Å²) in [6, 6.07) is 15.5. The number of aryl methyl sites for hydroxylation is 1. The molecule has 0 atom stereocenters. The van der Waals surface area contributed by atoms with Crippen molar-refractivity contribution in [3.63, 3.8) is 0 Å². The van der Waals surface area contributed by atoms with Gasteiger partial charge in [-0.1, -0.05) is 35.9 Å². The Labute approximate surface area is 204 Å². The summed E-state index contributed by atoms with van der Waals surface area (Å²) in [6.45, 7) is 4.86. The molecule has 2 aromatic heterocycles. The molecule has 0 radical (unpaired) electrons. The molecule has 7 nitrogen and oxygen atoms in total. The molecular weight excluding hydrogens is 448 g/mol. The first-order chi connectivity index (χ1) is 16.6. The smallest absolute Gasteiger partial charge is 0.410 e. The van der Waals surface area contributed by atoms with E-state index in [-0.39, 0.29) is 18.6 Å². The lowest BCUT2D eigenvalue weighted by Crippen LogP contribution is -2.41. The van der Waals surface area contributed by atoms with Crippen molar-refractivity contribution in [1.82, 2.24) is 15.2 Å². The molecule has 0 bridgehead atoms. The lowest BCUT2D eigenvalue weighted by molar-refractivity contribution is 0.0801. The van der Waals surface area contributed by atoms with Gasteiger partial charge < -0.3 is 20.3 Å². The summed E-state index contributed by atoms with van der Waals surface area (Å²) in [5.41, 5.74) is 2.75. The summed E-state index contributed by atoms with van der Waals surface area (Å²) in [5.74, 6) is 0.906. The van der Waals surface area contributed by atoms with Crippen LogP contribution in [0.25, 0.3) is 0 Å². The van der Waals surface area contributed by atoms with Gasteiger partial charge in [-0.05, 0) is 54.8 Å². The number of thiophene rings is 1. The van der Waals surface area contributed by atoms with E-state index in [0.29, 0.717) is 43.5 Å². The first-order valence-corrected chi connectivity index (χ1v) is 12.4. The zero-order chi connectivity index (χ0) is 23.8. The minimum absolute atomic E-state index is 0.110. The minimum Gasteiger partial charge on any atom is -0.445 e. The summed E-state index contributed by atoms with van der Waals surface area (Å²) in [7, 11) is 0. The van der Waals surface area contributed by atoms with E-state index >= 15 is 0 Å². The number of aromatic nitrogens is 1. The van der Waals surface area contributed by atoms with E-state index in [1.165, 1.54) is 10.4 Å². The topological polar surface area (TPSA) is 83.6 Å². The number of hydrogen-bond donors (Lipinski definition) is 2. The van der Waals surface area contributed by atoms with Gasteiger partial charge in [-0.2, -0.15) is 0 Å². The monoisotopic (exact) mass is 478 g/mol. The molecule has 1 fully saturated rings. The van der Waals surface area contributed by atoms with E-state index in [9.17, 15) is 9.59 Å². The Morgan fingerprint density at radius 1 is 1.15 bits per heavy atom. The number of nitrogens with one attached hydrogen (secondary N) is 2. The van der Waals surface area contributed by atoms with Crippen LogP contribution >= 0.6 is 11.3 Å². The predicted molar refractivity (Wildman–Crippen MR) is 134 cm³/mol. The standard InChI is InChI=1S/C26H30N4O3S/c1-19-4-6-21(7-5-19)18-33-26(32)30-12-9-20(10-13-30)16-29-25(31)22-8-11-27-24(15-22)28-17-23-3-2-14-34-23/h2-8,11,14-15,20H,9-10,12-13,16-18H2,1H3,(H,27,28)(H,29,31). The van der Waals surface area contributed by atoms with Crippen molar-refractivity contribution in [2.75, 3.05) is 25.0 Å². The van der Waals surface area contributed by atoms with Crippen LogP contribution in [0.15, 0.2) is 60.1 Å². The quantitative estimate of drug-likeness (QED) is 0.484. The number of anilines is 1. The van der Waals surface area contributed by atoms with E-state index in [1.54, 1.807) is 34.6 Å². The van der Waals surface area contributed by atoms with Gasteiger partial charge in [0.15, 0.2) is 0 Å². The fourth-order valence-electron chi connectivity index (χ4n) is 3.84. The Hall–Kier alpha value is -3.39. The molecule has 1 aliphatic rings. The Bertz CT molecular complexity index is 1080. The van der Waals surface area contributed by atoms with Crippen molar-refractivity contribution < 1.29 is 14.3 Å². The van der Waals surface area contributed by atoms with Crippen LogP contribution in [0.4, 0.5) is 10.6 Å². The van der Waals surface area contributed by atoms with Crippen molar-refractivity contribution in [2.24, 2.45) is 5.92 Å². The molecule has 3 aromatic rings. The fourth-order valence-corrected chi connectivity index (χ4v) is 4.48. The van der Waals surface area contributed by atoms with Crippen LogP contribution in [0.1, 0.15) is 39.2 Å². The van der Waals surface area contributed by atoms with E-state index < -0.39 is 0 Å². The van der Waals surface area contributed by atoms with E-state index in [2.05, 4.69) is 21.7 Å². The van der Waals surface area contributed by atoms with E-state index in [4.69, 9.17) is 4.74 Å². The maximum atomic E-state index is 12.6. The number of carbonyl (C=O) groups is 2. The number of piperidine rings is 1. The molecule has 8 heteroatoms. The number of hydrogen-bond acceptors (Lipinski definition) is 6. The zero-order valence-corrected chi connectivity index (χ0v) is 20.1. The molecule has 178 valence electrons. The number of pyridine rings is 1. The van der Waals surface area contributed by atoms with Gasteiger partial charge in [-0.25, -0.2) is 9.78 Å². The van der Waals surface area contributed by atoms with Gasteiger partial charge in [-0.3, -0.25) is 4.79 Å². The van der Waals surface area contributed by atoms with Gasteiger partial charge in [0.1, 0.15) is 12.4 Å². The third-order valence-electron chi connectivity index (χ3n) is 5.95. The fraction of sp³-hybridized carbons (Fsp3) is 0.346. The third-order valence-corrected chi connectivity index (χ3v) is 6.83. The lowest BCUT2D eigenvalue weighted by Gasteiger charge is -2.31. The first-order valence-electron chi connectivity index (χ1n) is 11.5. The molecule has 0 aliphatic carbocycles. The highest BCUT2D eigenvalue weighted by Crippen LogP contribution is 2.18. The number of ether oxygens (including phenoxy) is 1. The molecule has 34 heavy (non-hydrogen) atoms. The number of nitrogens with zero attached hydrogens (tertiary/aromatic N) is 2. The highest BCUT2D eigenvalue weighted by Gasteiger charge is 2.24. The molecule has 0 unspecified atom stereocenters. The maximum Gasteiger partial charge on any atom is 0.410 e. The van der Waals surface area contributed by atoms with Crippen molar-refractivity contribution in [3.8, 4) is 0 Å². The highest BCUT2D eigenvalue weighted by molar-refractivity contribution is 7.09. The number of carbonyl (C=O) groups excluding carboxylic acids is 2. The normalized spacial score (nSPS) is 14.0. The van der Waals surface area contributed by atoms with Crippen molar-refractivity contribution >= 4 is 29.2 Å². The van der Waals surface area contributed by atoms with Gasteiger partial charge >= 0.3 is 6.09 Å². The molecular formula is C26H30N4O3S. The van der Waals surface area contributed by atoms with Gasteiger partial charge in [-0.15, -0.1) is 11.3 Å². The second-order valence-electron chi connectivity index (χ2n) is 8.54. The van der Waals surface area contributed by atoms with Crippen LogP contribution in [0.5, 0.6) is 0 Å². The summed E-state index contributed by atoms with van der Waals surface area (Å²) in [5, 5.41) is 8.32. The molecule has 0 spiro atoms. The average molecular weight is 479 g/mol. The molecule has 4 rings (SSSR count). The number of benzene rings is 1. The Morgan fingerprint density at radius 3 is 2.68 bits per heavy atom. The van der Waals surface area contributed by atoms with Gasteiger partial charge in [0.05, 0.1) is 6.54 Å². The summed E-state index contributed by atoms with van der Waals surface area (Å²) < 4.78 is 5.46. The molecule has 0 saturated carbocycles. The van der Waals surface area contributed by atoms with Gasteiger partial charge in [0.2, 0.25) is 0 Å². The van der Waals surface area contributed by atoms with Crippen LogP contribution in [-0.2, 0) is 17.9 Å². The van der Waals surface area contributed by atoms with Crippen molar-refractivity contribution in [1.29, 1.82) is 0 Å². The number of rotatable bonds is 8. The van der Waals surface area contributed by atoms with Crippen LogP contribution in [0.3, 0.4) is 0 Å². The van der Waals surface area contributed by atoms with Crippen LogP contribution in [-0.4, -0.2) is 41.5 Å². The molecule has 2 amide bonds. The van der Waals surface area contributed by atoms with Crippen LogP contribution in [0, 0.1) is 12.8 Å². The Balaban J connectivity index is 1.17. The number of amides is 2. The van der Waals surface area contributed by atoms with E-state index in [1.807, 2.05) is 42.6 Å². The average Bonchev–Trinajstić information content (AvgIpc) is 3.40. The summed E-state index contributed by atoms with van der Waals surface area (Å²) in [4.78, 5) is 32.3.